The van der Waals surface area contributed by atoms with Gasteiger partial charge in [-0.25, -0.2) is 8.42 Å². The quantitative estimate of drug-likeness (QED) is 0.610. The molecular formula is C25H29ClN4O4S. The van der Waals surface area contributed by atoms with Gasteiger partial charge < -0.3 is 14.7 Å². The van der Waals surface area contributed by atoms with Gasteiger partial charge in [0.2, 0.25) is 21.8 Å². The highest BCUT2D eigenvalue weighted by Crippen LogP contribution is 2.40. The Hall–Kier alpha value is -2.62. The molecular weight excluding hydrogens is 488 g/mol. The maximum absolute atomic E-state index is 13.8. The zero-order valence-electron chi connectivity index (χ0n) is 19.5. The lowest BCUT2D eigenvalue weighted by atomic mass is 9.86. The van der Waals surface area contributed by atoms with Crippen LogP contribution in [0, 0.1) is 0 Å². The SMILES string of the molecule is O=C(CN1CN(c2ccccc2)C2(CCN(S(=O)(=O)c3ccc(Cl)cc3)CC2)C1=O)N1CCCC1. The van der Waals surface area contributed by atoms with Gasteiger partial charge in [0.15, 0.2) is 0 Å². The van der Waals surface area contributed by atoms with Crippen molar-refractivity contribution in [3.63, 3.8) is 0 Å². The van der Waals surface area contributed by atoms with Crippen LogP contribution in [-0.2, 0) is 19.6 Å². The number of likely N-dealkylation sites (tertiary alicyclic amines) is 1. The number of anilines is 1. The highest BCUT2D eigenvalue weighted by atomic mass is 35.5. The third-order valence-corrected chi connectivity index (χ3v) is 9.53. The minimum Gasteiger partial charge on any atom is -0.341 e. The summed E-state index contributed by atoms with van der Waals surface area (Å²) in [4.78, 5) is 32.4. The average Bonchev–Trinajstić information content (AvgIpc) is 3.49. The number of hydrogen-bond donors (Lipinski definition) is 0. The minimum atomic E-state index is -3.70. The Morgan fingerprint density at radius 3 is 2.17 bits per heavy atom. The Morgan fingerprint density at radius 1 is 0.914 bits per heavy atom. The normalized spacial score (nSPS) is 20.7. The summed E-state index contributed by atoms with van der Waals surface area (Å²) in [5.74, 6) is -0.124. The van der Waals surface area contributed by atoms with Crippen LogP contribution in [0.2, 0.25) is 5.02 Å². The van der Waals surface area contributed by atoms with Gasteiger partial charge >= 0.3 is 0 Å². The molecule has 0 bridgehead atoms. The molecule has 35 heavy (non-hydrogen) atoms. The second-order valence-electron chi connectivity index (χ2n) is 9.39. The van der Waals surface area contributed by atoms with E-state index >= 15 is 0 Å². The molecule has 3 fully saturated rings. The monoisotopic (exact) mass is 516 g/mol. The standard InChI is InChI=1S/C25H29ClN4O4S/c26-20-8-10-22(11-9-20)35(33,34)29-16-12-25(13-17-29)24(32)28(18-23(31)27-14-4-5-15-27)19-30(25)21-6-2-1-3-7-21/h1-3,6-11H,4-5,12-19H2. The number of nitrogens with zero attached hydrogens (tertiary/aromatic N) is 4. The summed E-state index contributed by atoms with van der Waals surface area (Å²) in [5, 5.41) is 0.472. The van der Waals surface area contributed by atoms with Crippen molar-refractivity contribution >= 4 is 39.1 Å². The van der Waals surface area contributed by atoms with Gasteiger partial charge in [-0.1, -0.05) is 29.8 Å². The molecule has 186 valence electrons. The van der Waals surface area contributed by atoms with Gasteiger partial charge in [-0.05, 0) is 62.1 Å². The molecule has 5 rings (SSSR count). The number of halogens is 1. The molecule has 10 heteroatoms. The molecule has 0 aliphatic carbocycles. The van der Waals surface area contributed by atoms with E-state index in [-0.39, 0.29) is 36.3 Å². The topological polar surface area (TPSA) is 81.2 Å². The third kappa shape index (κ3) is 4.41. The van der Waals surface area contributed by atoms with Crippen LogP contribution in [0.15, 0.2) is 59.5 Å². The Bertz CT molecular complexity index is 1190. The van der Waals surface area contributed by atoms with Crippen molar-refractivity contribution in [2.75, 3.05) is 44.3 Å². The summed E-state index contributed by atoms with van der Waals surface area (Å²) in [5.41, 5.74) is 0.0181. The van der Waals surface area contributed by atoms with Crippen molar-refractivity contribution in [1.82, 2.24) is 14.1 Å². The summed E-state index contributed by atoms with van der Waals surface area (Å²) in [6.07, 6.45) is 2.69. The number of rotatable bonds is 5. The summed E-state index contributed by atoms with van der Waals surface area (Å²) in [6, 6.07) is 15.8. The minimum absolute atomic E-state index is 0.0244. The summed E-state index contributed by atoms with van der Waals surface area (Å²) < 4.78 is 27.9. The number of benzene rings is 2. The van der Waals surface area contributed by atoms with Gasteiger partial charge in [-0.2, -0.15) is 4.31 Å². The number of piperidine rings is 1. The molecule has 0 atom stereocenters. The molecule has 2 aromatic rings. The predicted molar refractivity (Wildman–Crippen MR) is 133 cm³/mol. The lowest BCUT2D eigenvalue weighted by Gasteiger charge is -2.42. The van der Waals surface area contributed by atoms with E-state index in [4.69, 9.17) is 11.6 Å². The molecule has 3 aliphatic rings. The summed E-state index contributed by atoms with van der Waals surface area (Å²) in [6.45, 7) is 2.28. The van der Waals surface area contributed by atoms with Crippen LogP contribution in [0.5, 0.6) is 0 Å². The fraction of sp³-hybridized carbons (Fsp3) is 0.440. The Balaban J connectivity index is 1.38. The van der Waals surface area contributed by atoms with Crippen molar-refractivity contribution in [3.8, 4) is 0 Å². The maximum atomic E-state index is 13.8. The fourth-order valence-electron chi connectivity index (χ4n) is 5.40. The molecule has 0 aromatic heterocycles. The van der Waals surface area contributed by atoms with Crippen molar-refractivity contribution in [3.05, 3.63) is 59.6 Å². The van der Waals surface area contributed by atoms with Crippen molar-refractivity contribution < 1.29 is 18.0 Å². The lowest BCUT2D eigenvalue weighted by Crippen LogP contribution is -2.57. The number of hydrogen-bond acceptors (Lipinski definition) is 5. The van der Waals surface area contributed by atoms with Crippen LogP contribution in [-0.4, -0.2) is 79.3 Å². The first-order valence-electron chi connectivity index (χ1n) is 12.0. The molecule has 1 spiro atoms. The van der Waals surface area contributed by atoms with E-state index in [0.29, 0.717) is 24.5 Å². The largest absolute Gasteiger partial charge is 0.341 e. The highest BCUT2D eigenvalue weighted by molar-refractivity contribution is 7.89. The molecule has 2 aromatic carbocycles. The van der Waals surface area contributed by atoms with Crippen molar-refractivity contribution in [2.24, 2.45) is 0 Å². The van der Waals surface area contributed by atoms with Gasteiger partial charge in [0.05, 0.1) is 11.6 Å². The van der Waals surface area contributed by atoms with E-state index in [2.05, 4.69) is 4.90 Å². The number of para-hydroxylation sites is 1. The zero-order chi connectivity index (χ0) is 24.6. The fourth-order valence-corrected chi connectivity index (χ4v) is 6.97. The first-order valence-corrected chi connectivity index (χ1v) is 13.8. The van der Waals surface area contributed by atoms with Gasteiger partial charge in [0, 0.05) is 36.9 Å². The second kappa shape index (κ2) is 9.44. The van der Waals surface area contributed by atoms with Crippen LogP contribution in [0.4, 0.5) is 5.69 Å². The number of carbonyl (C=O) groups excluding carboxylic acids is 2. The first kappa shape index (κ1) is 24.1. The second-order valence-corrected chi connectivity index (χ2v) is 11.8. The van der Waals surface area contributed by atoms with Crippen LogP contribution in [0.3, 0.4) is 0 Å². The van der Waals surface area contributed by atoms with Crippen LogP contribution in [0.25, 0.3) is 0 Å². The Labute approximate surface area is 211 Å². The Kier molecular flexibility index (Phi) is 6.50. The molecule has 2 amide bonds. The number of carbonyl (C=O) groups is 2. The maximum Gasteiger partial charge on any atom is 0.250 e. The van der Waals surface area contributed by atoms with Crippen LogP contribution in [0.1, 0.15) is 25.7 Å². The first-order chi connectivity index (χ1) is 16.8. The zero-order valence-corrected chi connectivity index (χ0v) is 21.0. The third-order valence-electron chi connectivity index (χ3n) is 7.37. The van der Waals surface area contributed by atoms with Gasteiger partial charge in [0.25, 0.3) is 0 Å². The van der Waals surface area contributed by atoms with E-state index in [1.807, 2.05) is 35.2 Å². The molecule has 0 saturated carbocycles. The van der Waals surface area contributed by atoms with Gasteiger partial charge in [-0.3, -0.25) is 9.59 Å². The molecule has 0 unspecified atom stereocenters. The van der Waals surface area contributed by atoms with E-state index in [1.165, 1.54) is 16.4 Å². The lowest BCUT2D eigenvalue weighted by molar-refractivity contribution is -0.140. The molecule has 3 saturated heterocycles. The van der Waals surface area contributed by atoms with Crippen molar-refractivity contribution in [2.45, 2.75) is 36.1 Å². The van der Waals surface area contributed by atoms with Gasteiger partial charge in [0.1, 0.15) is 12.1 Å². The van der Waals surface area contributed by atoms with Crippen molar-refractivity contribution in [1.29, 1.82) is 0 Å². The smallest absolute Gasteiger partial charge is 0.250 e. The molecule has 0 N–H and O–H groups in total. The van der Waals surface area contributed by atoms with E-state index in [1.54, 1.807) is 17.0 Å². The number of amides is 2. The predicted octanol–water partition coefficient (Wildman–Crippen LogP) is 2.79. The van der Waals surface area contributed by atoms with Crippen LogP contribution >= 0.6 is 11.6 Å². The summed E-state index contributed by atoms with van der Waals surface area (Å²) >= 11 is 5.93. The van der Waals surface area contributed by atoms with Gasteiger partial charge in [-0.15, -0.1) is 0 Å². The summed E-state index contributed by atoms with van der Waals surface area (Å²) in [7, 11) is -3.70. The van der Waals surface area contributed by atoms with E-state index in [9.17, 15) is 18.0 Å². The molecule has 3 heterocycles. The van der Waals surface area contributed by atoms with E-state index in [0.717, 1.165) is 31.6 Å². The molecule has 3 aliphatic heterocycles. The van der Waals surface area contributed by atoms with Crippen LogP contribution < -0.4 is 4.90 Å². The Morgan fingerprint density at radius 2 is 1.54 bits per heavy atom. The molecule has 8 nitrogen and oxygen atoms in total. The van der Waals surface area contributed by atoms with E-state index < -0.39 is 15.6 Å². The molecule has 0 radical (unpaired) electrons. The highest BCUT2D eigenvalue weighted by Gasteiger charge is 2.55. The number of sulfonamides is 1. The average molecular weight is 517 g/mol.